The van der Waals surface area contributed by atoms with Crippen LogP contribution in [0.25, 0.3) is 0 Å². The predicted octanol–water partition coefficient (Wildman–Crippen LogP) is 0.783. The standard InChI is InChI=1S/C12H16N2O6S/c1-20-12(17)14-21(18,19)13-10(7-8-11(15)16)9-5-3-2-4-6-9/h2-6,10,13H,7-8H2,1H3,(H,14,17)(H,15,16). The number of rotatable bonds is 7. The lowest BCUT2D eigenvalue weighted by Crippen LogP contribution is -2.42. The summed E-state index contributed by atoms with van der Waals surface area (Å²) in [6, 6.07) is 7.69. The van der Waals surface area contributed by atoms with Crippen LogP contribution in [0.2, 0.25) is 0 Å². The van der Waals surface area contributed by atoms with Crippen LogP contribution >= 0.6 is 0 Å². The molecule has 0 bridgehead atoms. The van der Waals surface area contributed by atoms with Gasteiger partial charge in [-0.25, -0.2) is 9.52 Å². The number of hydrogen-bond acceptors (Lipinski definition) is 5. The Labute approximate surface area is 122 Å². The van der Waals surface area contributed by atoms with E-state index in [0.29, 0.717) is 5.56 Å². The number of carboxylic acid groups (broad SMARTS) is 1. The van der Waals surface area contributed by atoms with Gasteiger partial charge in [0.15, 0.2) is 0 Å². The average Bonchev–Trinajstić information content (AvgIpc) is 2.43. The second-order valence-corrected chi connectivity index (χ2v) is 5.56. The van der Waals surface area contributed by atoms with Crippen LogP contribution in [0.4, 0.5) is 4.79 Å². The van der Waals surface area contributed by atoms with E-state index in [1.807, 2.05) is 0 Å². The number of nitrogens with one attached hydrogen (secondary N) is 2. The number of carbonyl (C=O) groups is 2. The molecule has 1 rings (SSSR count). The topological polar surface area (TPSA) is 122 Å². The van der Waals surface area contributed by atoms with E-state index in [9.17, 15) is 18.0 Å². The summed E-state index contributed by atoms with van der Waals surface area (Å²) in [7, 11) is -3.12. The molecule has 0 saturated heterocycles. The molecule has 1 aromatic rings. The summed E-state index contributed by atoms with van der Waals surface area (Å²) < 4.78 is 31.6. The molecule has 0 heterocycles. The van der Waals surface area contributed by atoms with Gasteiger partial charge in [0.25, 0.3) is 0 Å². The lowest BCUT2D eigenvalue weighted by Gasteiger charge is -2.18. The van der Waals surface area contributed by atoms with Crippen LogP contribution in [0, 0.1) is 0 Å². The van der Waals surface area contributed by atoms with Crippen molar-refractivity contribution in [1.29, 1.82) is 0 Å². The Morgan fingerprint density at radius 3 is 2.43 bits per heavy atom. The van der Waals surface area contributed by atoms with E-state index in [1.165, 1.54) is 0 Å². The lowest BCUT2D eigenvalue weighted by atomic mass is 10.0. The molecule has 9 heteroatoms. The zero-order valence-electron chi connectivity index (χ0n) is 11.3. The van der Waals surface area contributed by atoms with Gasteiger partial charge in [0.05, 0.1) is 7.11 Å². The molecule has 0 spiro atoms. The van der Waals surface area contributed by atoms with Crippen LogP contribution in [0.1, 0.15) is 24.4 Å². The molecule has 0 radical (unpaired) electrons. The molecular weight excluding hydrogens is 300 g/mol. The molecular formula is C12H16N2O6S. The Morgan fingerprint density at radius 2 is 1.90 bits per heavy atom. The van der Waals surface area contributed by atoms with Crippen molar-refractivity contribution in [3.63, 3.8) is 0 Å². The predicted molar refractivity (Wildman–Crippen MR) is 73.6 cm³/mol. The molecule has 21 heavy (non-hydrogen) atoms. The van der Waals surface area contributed by atoms with Crippen molar-refractivity contribution in [2.24, 2.45) is 0 Å². The fraction of sp³-hybridized carbons (Fsp3) is 0.333. The van der Waals surface area contributed by atoms with Crippen molar-refractivity contribution in [3.05, 3.63) is 35.9 Å². The monoisotopic (exact) mass is 316 g/mol. The number of methoxy groups -OCH3 is 1. The molecule has 0 saturated carbocycles. The Balaban J connectivity index is 2.87. The Bertz CT molecular complexity index is 587. The number of benzene rings is 1. The maximum atomic E-state index is 11.8. The normalized spacial score (nSPS) is 12.4. The third-order valence-electron chi connectivity index (χ3n) is 2.55. The summed E-state index contributed by atoms with van der Waals surface area (Å²) >= 11 is 0. The van der Waals surface area contributed by atoms with Gasteiger partial charge in [-0.1, -0.05) is 30.3 Å². The quantitative estimate of drug-likeness (QED) is 0.683. The number of hydrogen-bond donors (Lipinski definition) is 3. The molecule has 8 nitrogen and oxygen atoms in total. The van der Waals surface area contributed by atoms with Gasteiger partial charge in [-0.3, -0.25) is 4.79 Å². The van der Waals surface area contributed by atoms with E-state index in [0.717, 1.165) is 7.11 Å². The van der Waals surface area contributed by atoms with E-state index in [-0.39, 0.29) is 12.8 Å². The minimum Gasteiger partial charge on any atom is -0.481 e. The van der Waals surface area contributed by atoms with E-state index < -0.39 is 28.3 Å². The minimum atomic E-state index is -4.16. The highest BCUT2D eigenvalue weighted by molar-refractivity contribution is 7.88. The summed E-state index contributed by atoms with van der Waals surface area (Å²) in [6.07, 6.45) is -1.31. The lowest BCUT2D eigenvalue weighted by molar-refractivity contribution is -0.137. The average molecular weight is 316 g/mol. The number of ether oxygens (including phenoxy) is 1. The highest BCUT2D eigenvalue weighted by Crippen LogP contribution is 2.19. The van der Waals surface area contributed by atoms with Crippen LogP contribution in [0.3, 0.4) is 0 Å². The zero-order valence-corrected chi connectivity index (χ0v) is 12.1. The third-order valence-corrected chi connectivity index (χ3v) is 3.58. The molecule has 0 aromatic heterocycles. The first kappa shape index (κ1) is 16.9. The first-order valence-electron chi connectivity index (χ1n) is 5.99. The molecule has 0 aliphatic heterocycles. The third kappa shape index (κ3) is 6.23. The summed E-state index contributed by atoms with van der Waals surface area (Å²) in [5, 5.41) is 8.72. The first-order chi connectivity index (χ1) is 9.84. The zero-order chi connectivity index (χ0) is 15.9. The van der Waals surface area contributed by atoms with Gasteiger partial charge >= 0.3 is 22.3 Å². The minimum absolute atomic E-state index is 0.0431. The van der Waals surface area contributed by atoms with Crippen LogP contribution in [-0.4, -0.2) is 32.7 Å². The number of aliphatic carboxylic acids is 1. The molecule has 0 aliphatic rings. The second kappa shape index (κ2) is 7.60. The molecule has 1 atom stereocenters. The van der Waals surface area contributed by atoms with Crippen LogP contribution in [0.15, 0.2) is 30.3 Å². The molecule has 1 amide bonds. The van der Waals surface area contributed by atoms with Crippen molar-refractivity contribution >= 4 is 22.3 Å². The molecule has 0 fully saturated rings. The van der Waals surface area contributed by atoms with Gasteiger partial charge in [0.2, 0.25) is 0 Å². The fourth-order valence-electron chi connectivity index (χ4n) is 1.61. The van der Waals surface area contributed by atoms with Crippen LogP contribution in [-0.2, 0) is 19.7 Å². The van der Waals surface area contributed by atoms with Gasteiger partial charge in [-0.05, 0) is 12.0 Å². The van der Waals surface area contributed by atoms with Crippen molar-refractivity contribution in [2.75, 3.05) is 7.11 Å². The van der Waals surface area contributed by atoms with Gasteiger partial charge in [0.1, 0.15) is 0 Å². The van der Waals surface area contributed by atoms with Gasteiger partial charge in [-0.2, -0.15) is 13.1 Å². The molecule has 1 unspecified atom stereocenters. The van der Waals surface area contributed by atoms with Crippen molar-refractivity contribution in [3.8, 4) is 0 Å². The smallest absolute Gasteiger partial charge is 0.421 e. The highest BCUT2D eigenvalue weighted by Gasteiger charge is 2.22. The number of carboxylic acids is 1. The SMILES string of the molecule is COC(=O)NS(=O)(=O)NC(CCC(=O)O)c1ccccc1. The van der Waals surface area contributed by atoms with Crippen LogP contribution in [0.5, 0.6) is 0 Å². The highest BCUT2D eigenvalue weighted by atomic mass is 32.2. The fourth-order valence-corrected chi connectivity index (χ4v) is 2.61. The van der Waals surface area contributed by atoms with Crippen molar-refractivity contribution in [2.45, 2.75) is 18.9 Å². The van der Waals surface area contributed by atoms with E-state index >= 15 is 0 Å². The molecule has 0 aliphatic carbocycles. The maximum Gasteiger partial charge on any atom is 0.421 e. The van der Waals surface area contributed by atoms with Crippen molar-refractivity contribution in [1.82, 2.24) is 9.44 Å². The van der Waals surface area contributed by atoms with Crippen molar-refractivity contribution < 1.29 is 27.9 Å². The van der Waals surface area contributed by atoms with Gasteiger partial charge < -0.3 is 9.84 Å². The largest absolute Gasteiger partial charge is 0.481 e. The first-order valence-corrected chi connectivity index (χ1v) is 7.47. The molecule has 1 aromatic carbocycles. The van der Waals surface area contributed by atoms with Crippen LogP contribution < -0.4 is 9.44 Å². The molecule has 3 N–H and O–H groups in total. The Kier molecular flexibility index (Phi) is 6.12. The van der Waals surface area contributed by atoms with Gasteiger partial charge in [0, 0.05) is 12.5 Å². The summed E-state index contributed by atoms with van der Waals surface area (Å²) in [5.74, 6) is -1.05. The van der Waals surface area contributed by atoms with E-state index in [4.69, 9.17) is 5.11 Å². The second-order valence-electron chi connectivity index (χ2n) is 4.11. The Hall–Kier alpha value is -2.13. The molecule has 116 valence electrons. The number of carbonyl (C=O) groups excluding carboxylic acids is 1. The Morgan fingerprint density at radius 1 is 1.29 bits per heavy atom. The maximum absolute atomic E-state index is 11.8. The number of amides is 1. The van der Waals surface area contributed by atoms with E-state index in [2.05, 4.69) is 9.46 Å². The summed E-state index contributed by atoms with van der Waals surface area (Å²) in [5.41, 5.74) is 0.592. The summed E-state index contributed by atoms with van der Waals surface area (Å²) in [6.45, 7) is 0. The summed E-state index contributed by atoms with van der Waals surface area (Å²) in [4.78, 5) is 21.6. The van der Waals surface area contributed by atoms with E-state index in [1.54, 1.807) is 35.1 Å². The van der Waals surface area contributed by atoms with Gasteiger partial charge in [-0.15, -0.1) is 0 Å².